The van der Waals surface area contributed by atoms with Gasteiger partial charge in [0.05, 0.1) is 6.61 Å². The summed E-state index contributed by atoms with van der Waals surface area (Å²) in [5.74, 6) is -1.12. The van der Waals surface area contributed by atoms with Gasteiger partial charge in [-0.2, -0.15) is 0 Å². The van der Waals surface area contributed by atoms with Crippen LogP contribution in [0.5, 0.6) is 0 Å². The fourth-order valence-corrected chi connectivity index (χ4v) is 7.83. The zero-order valence-electron chi connectivity index (χ0n) is 34.2. The molecule has 6 unspecified atom stereocenters. The highest BCUT2D eigenvalue weighted by Crippen LogP contribution is 2.43. The Bertz CT molecular complexity index is 985. The maximum absolute atomic E-state index is 12.7. The van der Waals surface area contributed by atoms with E-state index in [-0.39, 0.29) is 12.8 Å². The molecule has 0 aliphatic heterocycles. The summed E-state index contributed by atoms with van der Waals surface area (Å²) in [7, 11) is -5.35. The van der Waals surface area contributed by atoms with Gasteiger partial charge in [0.2, 0.25) is 0 Å². The molecular formula is C41H78O13P-. The van der Waals surface area contributed by atoms with Crippen LogP contribution in [-0.2, 0) is 32.7 Å². The Kier molecular flexibility index (Phi) is 30.9. The van der Waals surface area contributed by atoms with E-state index in [4.69, 9.17) is 18.5 Å². The van der Waals surface area contributed by atoms with Crippen LogP contribution in [0.4, 0.5) is 0 Å². The Hall–Kier alpha value is -1.15. The number of hydrogen-bond acceptors (Lipinski definition) is 13. The molecule has 0 saturated heterocycles. The third-order valence-corrected chi connectivity index (χ3v) is 11.4. The summed E-state index contributed by atoms with van der Waals surface area (Å²) in [6, 6.07) is 0. The minimum absolute atomic E-state index is 0.0886. The molecule has 1 rings (SSSR count). The minimum Gasteiger partial charge on any atom is -0.756 e. The normalized spacial score (nSPS) is 23.0. The van der Waals surface area contributed by atoms with Crippen molar-refractivity contribution in [1.82, 2.24) is 0 Å². The number of aliphatic hydroxyl groups excluding tert-OH is 5. The molecule has 5 N–H and O–H groups in total. The predicted octanol–water partition coefficient (Wildman–Crippen LogP) is 7.09. The van der Waals surface area contributed by atoms with Gasteiger partial charge in [-0.25, -0.2) is 0 Å². The van der Waals surface area contributed by atoms with Crippen LogP contribution in [0.2, 0.25) is 0 Å². The van der Waals surface area contributed by atoms with E-state index in [0.29, 0.717) is 12.8 Å². The van der Waals surface area contributed by atoms with Crippen LogP contribution in [0.25, 0.3) is 0 Å². The van der Waals surface area contributed by atoms with Crippen molar-refractivity contribution >= 4 is 19.8 Å². The number of unbranched alkanes of at least 4 members (excludes halogenated alkanes) is 24. The molecule has 14 heteroatoms. The number of hydrogen-bond donors (Lipinski definition) is 5. The molecule has 0 aromatic heterocycles. The molecule has 0 bridgehead atoms. The molecule has 1 aliphatic rings. The van der Waals surface area contributed by atoms with Crippen LogP contribution in [0.15, 0.2) is 0 Å². The van der Waals surface area contributed by atoms with Gasteiger partial charge in [-0.1, -0.05) is 168 Å². The summed E-state index contributed by atoms with van der Waals surface area (Å²) in [6.45, 7) is 3.20. The summed E-state index contributed by atoms with van der Waals surface area (Å²) in [6.07, 6.45) is 16.9. The third-order valence-electron chi connectivity index (χ3n) is 10.4. The van der Waals surface area contributed by atoms with Gasteiger partial charge < -0.3 is 48.9 Å². The van der Waals surface area contributed by atoms with Gasteiger partial charge in [0.15, 0.2) is 6.10 Å². The first-order valence-corrected chi connectivity index (χ1v) is 23.3. The Morgan fingerprint density at radius 2 is 0.836 bits per heavy atom. The predicted molar refractivity (Wildman–Crippen MR) is 210 cm³/mol. The molecule has 326 valence electrons. The second-order valence-corrected chi connectivity index (χ2v) is 16.9. The van der Waals surface area contributed by atoms with E-state index in [1.165, 1.54) is 109 Å². The molecule has 0 radical (unpaired) electrons. The van der Waals surface area contributed by atoms with E-state index in [1.54, 1.807) is 0 Å². The molecule has 6 atom stereocenters. The number of ether oxygens (including phenoxy) is 2. The highest BCUT2D eigenvalue weighted by Gasteiger charge is 2.50. The van der Waals surface area contributed by atoms with E-state index >= 15 is 0 Å². The Labute approximate surface area is 331 Å². The van der Waals surface area contributed by atoms with Gasteiger partial charge in [0.25, 0.3) is 7.82 Å². The van der Waals surface area contributed by atoms with Crippen LogP contribution in [0.3, 0.4) is 0 Å². The van der Waals surface area contributed by atoms with Crippen molar-refractivity contribution in [2.45, 2.75) is 236 Å². The molecular weight excluding hydrogens is 731 g/mol. The highest BCUT2D eigenvalue weighted by atomic mass is 31.2. The number of carbonyl (C=O) groups is 2. The Morgan fingerprint density at radius 3 is 1.22 bits per heavy atom. The second-order valence-electron chi connectivity index (χ2n) is 15.5. The number of rotatable bonds is 36. The topological polar surface area (TPSA) is 212 Å². The molecule has 1 fully saturated rings. The SMILES string of the molecule is CCCCCCCCCCCCCCCC(=O)OCC(COP(=O)([O-])OC1C(O)C(O)C(O)C(O)C1O)OC(=O)CCCCCCCCCCCCCCC. The Morgan fingerprint density at radius 1 is 0.509 bits per heavy atom. The van der Waals surface area contributed by atoms with E-state index in [9.17, 15) is 44.6 Å². The third kappa shape index (κ3) is 25.7. The van der Waals surface area contributed by atoms with Crippen molar-refractivity contribution in [3.05, 3.63) is 0 Å². The van der Waals surface area contributed by atoms with Crippen LogP contribution in [0.1, 0.15) is 194 Å². The smallest absolute Gasteiger partial charge is 0.306 e. The summed E-state index contributed by atoms with van der Waals surface area (Å²) in [4.78, 5) is 37.9. The summed E-state index contributed by atoms with van der Waals surface area (Å²) in [5.41, 5.74) is 0. The van der Waals surface area contributed by atoms with Crippen molar-refractivity contribution in [2.24, 2.45) is 0 Å². The summed E-state index contributed by atoms with van der Waals surface area (Å²) in [5, 5.41) is 49.9. The lowest BCUT2D eigenvalue weighted by Crippen LogP contribution is -2.64. The van der Waals surface area contributed by atoms with E-state index in [2.05, 4.69) is 13.8 Å². The summed E-state index contributed by atoms with van der Waals surface area (Å²) >= 11 is 0. The van der Waals surface area contributed by atoms with Crippen molar-refractivity contribution in [1.29, 1.82) is 0 Å². The molecule has 0 heterocycles. The average Bonchev–Trinajstić information content (AvgIpc) is 3.16. The highest BCUT2D eigenvalue weighted by molar-refractivity contribution is 7.45. The molecule has 0 amide bonds. The minimum atomic E-state index is -5.35. The van der Waals surface area contributed by atoms with Crippen molar-refractivity contribution in [3.63, 3.8) is 0 Å². The molecule has 0 aromatic carbocycles. The van der Waals surface area contributed by atoms with Gasteiger partial charge in [-0.3, -0.25) is 14.2 Å². The number of carbonyl (C=O) groups excluding carboxylic acids is 2. The molecule has 1 aliphatic carbocycles. The molecule has 1 saturated carbocycles. The van der Waals surface area contributed by atoms with Crippen LogP contribution in [0, 0.1) is 0 Å². The second kappa shape index (κ2) is 32.8. The molecule has 13 nitrogen and oxygen atoms in total. The monoisotopic (exact) mass is 810 g/mol. The Balaban J connectivity index is 2.48. The zero-order chi connectivity index (χ0) is 40.7. The average molecular weight is 810 g/mol. The number of esters is 2. The lowest BCUT2D eigenvalue weighted by Gasteiger charge is -2.43. The zero-order valence-corrected chi connectivity index (χ0v) is 35.1. The first kappa shape index (κ1) is 51.9. The van der Waals surface area contributed by atoms with Crippen LogP contribution >= 0.6 is 7.82 Å². The lowest BCUT2D eigenvalue weighted by molar-refractivity contribution is -0.261. The number of phosphoric ester groups is 1. The standard InChI is InChI=1S/C41H79O13P/c1-3-5-7-9-11-13-15-17-19-21-23-25-27-29-34(42)51-31-33(32-52-55(49,50)54-41-39(47)37(45)36(44)38(46)40(41)48)53-35(43)30-28-26-24-22-20-18-16-14-12-10-8-6-4-2/h33,36-41,44-48H,3-32H2,1-2H3,(H,49,50)/p-1. The van der Waals surface area contributed by atoms with Gasteiger partial charge in [0.1, 0.15) is 43.2 Å². The quantitative estimate of drug-likeness (QED) is 0.0243. The fourth-order valence-electron chi connectivity index (χ4n) is 6.87. The largest absolute Gasteiger partial charge is 0.756 e. The van der Waals surface area contributed by atoms with Crippen molar-refractivity contribution in [3.8, 4) is 0 Å². The summed E-state index contributed by atoms with van der Waals surface area (Å²) < 4.78 is 33.1. The first-order valence-electron chi connectivity index (χ1n) is 21.8. The number of aliphatic hydroxyl groups is 5. The molecule has 0 aromatic rings. The van der Waals surface area contributed by atoms with E-state index in [1.807, 2.05) is 0 Å². The van der Waals surface area contributed by atoms with Crippen LogP contribution in [-0.4, -0.2) is 93.4 Å². The van der Waals surface area contributed by atoms with Crippen LogP contribution < -0.4 is 4.89 Å². The first-order chi connectivity index (χ1) is 26.4. The van der Waals surface area contributed by atoms with Crippen molar-refractivity contribution < 1.29 is 63.1 Å². The van der Waals surface area contributed by atoms with Gasteiger partial charge in [0, 0.05) is 12.8 Å². The lowest BCUT2D eigenvalue weighted by atomic mass is 9.85. The molecule has 55 heavy (non-hydrogen) atoms. The van der Waals surface area contributed by atoms with E-state index in [0.717, 1.165) is 44.9 Å². The fraction of sp³-hybridized carbons (Fsp3) is 0.951. The van der Waals surface area contributed by atoms with Gasteiger partial charge in [-0.05, 0) is 12.8 Å². The number of phosphoric acid groups is 1. The van der Waals surface area contributed by atoms with E-state index < -0.39 is 75.7 Å². The van der Waals surface area contributed by atoms with Gasteiger partial charge >= 0.3 is 11.9 Å². The maximum atomic E-state index is 12.7. The van der Waals surface area contributed by atoms with Crippen molar-refractivity contribution in [2.75, 3.05) is 13.2 Å². The molecule has 0 spiro atoms. The maximum Gasteiger partial charge on any atom is 0.306 e. The van der Waals surface area contributed by atoms with Gasteiger partial charge in [-0.15, -0.1) is 0 Å².